The molecule has 165 valence electrons. The lowest BCUT2D eigenvalue weighted by molar-refractivity contribution is 0.451. The fraction of sp³-hybridized carbons (Fsp3) is 0. The third-order valence-corrected chi connectivity index (χ3v) is 6.43. The molecule has 4 aromatic carbocycles. The molecule has 3 aromatic heterocycles. The van der Waals surface area contributed by atoms with E-state index in [1.807, 2.05) is 48.5 Å². The summed E-state index contributed by atoms with van der Waals surface area (Å²) in [4.78, 5) is 0. The first-order chi connectivity index (χ1) is 17.3. The second-order valence-electron chi connectivity index (χ2n) is 8.31. The highest BCUT2D eigenvalue weighted by atomic mass is 16.5. The van der Waals surface area contributed by atoms with E-state index in [4.69, 9.17) is 14.1 Å². The van der Waals surface area contributed by atoms with Crippen LogP contribution in [0.1, 0.15) is 0 Å². The summed E-state index contributed by atoms with van der Waals surface area (Å²) < 4.78 is 13.8. The second kappa shape index (κ2) is 7.72. The van der Waals surface area contributed by atoms with Crippen LogP contribution in [0.2, 0.25) is 0 Å². The summed E-state index contributed by atoms with van der Waals surface area (Å²) in [6.45, 7) is 0. The second-order valence-corrected chi connectivity index (χ2v) is 8.31. The molecule has 1 N–H and O–H groups in total. The monoisotopic (exact) mass is 454 g/mol. The minimum absolute atomic E-state index is 0.463. The zero-order valence-corrected chi connectivity index (χ0v) is 18.4. The average molecular weight is 454 g/mol. The van der Waals surface area contributed by atoms with Crippen LogP contribution in [0.15, 0.2) is 102 Å². The lowest BCUT2D eigenvalue weighted by atomic mass is 10.0. The Bertz CT molecular complexity index is 1880. The van der Waals surface area contributed by atoms with Gasteiger partial charge in [-0.15, -0.1) is 5.10 Å². The molecule has 6 nitrogen and oxygen atoms in total. The van der Waals surface area contributed by atoms with E-state index in [-0.39, 0.29) is 0 Å². The van der Waals surface area contributed by atoms with Gasteiger partial charge in [-0.2, -0.15) is 5.10 Å². The molecule has 0 saturated heterocycles. The van der Waals surface area contributed by atoms with Gasteiger partial charge in [-0.25, -0.2) is 0 Å². The molecule has 0 fully saturated rings. The molecule has 0 aliphatic heterocycles. The third-order valence-electron chi connectivity index (χ3n) is 6.43. The molecule has 0 unspecified atom stereocenters. The molecule has 0 aliphatic carbocycles. The molecule has 7 rings (SSSR count). The normalized spacial score (nSPS) is 11.6. The molecule has 7 aromatic rings. The summed E-state index contributed by atoms with van der Waals surface area (Å²) in [5.74, 6) is 0.463. The van der Waals surface area contributed by atoms with Crippen molar-refractivity contribution >= 4 is 51.6 Å². The van der Waals surface area contributed by atoms with Gasteiger partial charge in [-0.1, -0.05) is 54.6 Å². The Hall–Kier alpha value is -4.62. The molecule has 0 amide bonds. The van der Waals surface area contributed by atoms with Gasteiger partial charge in [0.25, 0.3) is 0 Å². The van der Waals surface area contributed by atoms with E-state index >= 15 is 0 Å². The van der Waals surface area contributed by atoms with Crippen LogP contribution in [0.4, 0.5) is 0 Å². The van der Waals surface area contributed by atoms with E-state index < -0.39 is 0 Å². The predicted octanol–water partition coefficient (Wildman–Crippen LogP) is 6.05. The fourth-order valence-corrected chi connectivity index (χ4v) is 4.94. The Kier molecular flexibility index (Phi) is 4.37. The van der Waals surface area contributed by atoms with Gasteiger partial charge in [0.15, 0.2) is 5.58 Å². The summed E-state index contributed by atoms with van der Waals surface area (Å²) in [6.07, 6.45) is 1.72. The van der Waals surface area contributed by atoms with Crippen LogP contribution in [-0.4, -0.2) is 27.5 Å². The Balaban J connectivity index is 1.52. The number of aromatic nitrogens is 3. The number of hydrogen-bond acceptors (Lipinski definition) is 5. The molecule has 0 bridgehead atoms. The number of benzene rings is 4. The number of nitrogens with zero attached hydrogens (tertiary/aromatic N) is 3. The van der Waals surface area contributed by atoms with Crippen molar-refractivity contribution < 1.29 is 14.1 Å². The highest BCUT2D eigenvalue weighted by Gasteiger charge is 2.18. The summed E-state index contributed by atoms with van der Waals surface area (Å²) in [7, 11) is 0.669. The van der Waals surface area contributed by atoms with Crippen molar-refractivity contribution in [2.45, 2.75) is 0 Å². The molecule has 1 radical (unpaired) electrons. The van der Waals surface area contributed by atoms with Crippen LogP contribution in [0.25, 0.3) is 60.7 Å². The number of hydrogen-bond donors (Lipinski definition) is 1. The quantitative estimate of drug-likeness (QED) is 0.328. The SMILES string of the molecule is O[B]Oc1cccc2c1oc1c(-c3ccc4c5nnccc5n(-c5ccccc5)c4c3)cccc12. The zero-order chi connectivity index (χ0) is 23.4. The number of para-hydroxylation sites is 3. The van der Waals surface area contributed by atoms with Crippen molar-refractivity contribution in [2.24, 2.45) is 0 Å². The Labute approximate surface area is 200 Å². The average Bonchev–Trinajstić information content (AvgIpc) is 3.45. The van der Waals surface area contributed by atoms with Crippen LogP contribution >= 0.6 is 0 Å². The van der Waals surface area contributed by atoms with E-state index in [1.54, 1.807) is 12.3 Å². The van der Waals surface area contributed by atoms with E-state index in [1.165, 1.54) is 0 Å². The molecule has 0 aliphatic rings. The van der Waals surface area contributed by atoms with Gasteiger partial charge in [0.1, 0.15) is 16.8 Å². The highest BCUT2D eigenvalue weighted by molar-refractivity contribution is 6.19. The summed E-state index contributed by atoms with van der Waals surface area (Å²) >= 11 is 0. The van der Waals surface area contributed by atoms with Crippen molar-refractivity contribution in [1.82, 2.24) is 14.8 Å². The third kappa shape index (κ3) is 2.95. The van der Waals surface area contributed by atoms with Crippen molar-refractivity contribution in [3.8, 4) is 22.6 Å². The van der Waals surface area contributed by atoms with Gasteiger partial charge in [0.05, 0.1) is 17.2 Å². The highest BCUT2D eigenvalue weighted by Crippen LogP contribution is 2.40. The molecule has 0 saturated carbocycles. The van der Waals surface area contributed by atoms with E-state index in [0.29, 0.717) is 19.0 Å². The van der Waals surface area contributed by atoms with E-state index in [9.17, 15) is 0 Å². The van der Waals surface area contributed by atoms with Crippen LogP contribution < -0.4 is 4.65 Å². The largest absolute Gasteiger partial charge is 0.569 e. The van der Waals surface area contributed by atoms with Crippen molar-refractivity contribution in [2.75, 3.05) is 0 Å². The first kappa shape index (κ1) is 19.8. The number of rotatable bonds is 4. The number of fused-ring (bicyclic) bond motifs is 6. The van der Waals surface area contributed by atoms with Crippen LogP contribution in [0.5, 0.6) is 5.75 Å². The molecule has 7 heteroatoms. The minimum atomic E-state index is 0.463. The van der Waals surface area contributed by atoms with Crippen molar-refractivity contribution in [3.05, 3.63) is 97.2 Å². The van der Waals surface area contributed by atoms with Gasteiger partial charge in [0.2, 0.25) is 0 Å². The molecule has 0 spiro atoms. The summed E-state index contributed by atoms with van der Waals surface area (Å²) in [5, 5.41) is 20.7. The maximum Gasteiger partial charge on any atom is 0.569 e. The maximum absolute atomic E-state index is 9.17. The molecular weight excluding hydrogens is 437 g/mol. The van der Waals surface area contributed by atoms with Gasteiger partial charge < -0.3 is 18.7 Å². The Morgan fingerprint density at radius 2 is 1.60 bits per heavy atom. The lowest BCUT2D eigenvalue weighted by Crippen LogP contribution is -1.99. The zero-order valence-electron chi connectivity index (χ0n) is 18.4. The molecule has 0 atom stereocenters. The summed E-state index contributed by atoms with van der Waals surface area (Å²) in [6, 6.07) is 30.4. The van der Waals surface area contributed by atoms with Crippen molar-refractivity contribution in [3.63, 3.8) is 0 Å². The van der Waals surface area contributed by atoms with Crippen LogP contribution in [-0.2, 0) is 0 Å². The predicted molar refractivity (Wildman–Crippen MR) is 138 cm³/mol. The Morgan fingerprint density at radius 1 is 0.771 bits per heavy atom. The smallest absolute Gasteiger partial charge is 0.535 e. The molecule has 3 heterocycles. The van der Waals surface area contributed by atoms with Crippen LogP contribution in [0, 0.1) is 0 Å². The van der Waals surface area contributed by atoms with Gasteiger partial charge in [-0.05, 0) is 42.0 Å². The minimum Gasteiger partial charge on any atom is -0.535 e. The lowest BCUT2D eigenvalue weighted by Gasteiger charge is -2.09. The fourth-order valence-electron chi connectivity index (χ4n) is 4.94. The topological polar surface area (TPSA) is 73.3 Å². The van der Waals surface area contributed by atoms with E-state index in [2.05, 4.69) is 51.2 Å². The molecule has 35 heavy (non-hydrogen) atoms. The summed E-state index contributed by atoms with van der Waals surface area (Å²) in [5.41, 5.74) is 7.30. The van der Waals surface area contributed by atoms with Crippen molar-refractivity contribution in [1.29, 1.82) is 0 Å². The van der Waals surface area contributed by atoms with Gasteiger partial charge in [0, 0.05) is 27.4 Å². The van der Waals surface area contributed by atoms with E-state index in [0.717, 1.165) is 55.1 Å². The first-order valence-corrected chi connectivity index (χ1v) is 11.2. The molecular formula is C28H17BN3O3. The maximum atomic E-state index is 9.17. The van der Waals surface area contributed by atoms with Crippen LogP contribution in [0.3, 0.4) is 0 Å². The number of furan rings is 1. The van der Waals surface area contributed by atoms with Gasteiger partial charge >= 0.3 is 7.69 Å². The van der Waals surface area contributed by atoms with Gasteiger partial charge in [-0.3, -0.25) is 0 Å². The Morgan fingerprint density at radius 3 is 2.46 bits per heavy atom. The standard InChI is InChI=1S/C28H17BN3O3/c33-29-35-25-11-5-10-21-20-9-4-8-19(27(20)34-28(21)25)17-12-13-22-24(16-17)32(18-6-2-1-3-7-18)23-14-15-30-31-26(22)23/h1-16,33H. The first-order valence-electron chi connectivity index (χ1n) is 11.2.